The molecular weight excluding hydrogens is 366 g/mol. The van der Waals surface area contributed by atoms with E-state index in [0.717, 1.165) is 38.0 Å². The highest BCUT2D eigenvalue weighted by Crippen LogP contribution is 2.19. The van der Waals surface area contributed by atoms with Crippen LogP contribution in [0.25, 0.3) is 0 Å². The molecule has 2 rings (SSSR count). The van der Waals surface area contributed by atoms with Crippen LogP contribution in [0.1, 0.15) is 58.6 Å². The summed E-state index contributed by atoms with van der Waals surface area (Å²) in [5.74, 6) is 0.488. The van der Waals surface area contributed by atoms with Crippen molar-refractivity contribution in [1.82, 2.24) is 15.1 Å². The lowest BCUT2D eigenvalue weighted by Gasteiger charge is -2.35. The number of nitrogens with one attached hydrogen (secondary N) is 1. The summed E-state index contributed by atoms with van der Waals surface area (Å²) < 4.78 is 5.44. The highest BCUT2D eigenvalue weighted by Gasteiger charge is 2.25. The molecular formula is C23H37N3O3. The fraction of sp³-hybridized carbons (Fsp3) is 0.652. The van der Waals surface area contributed by atoms with Crippen molar-refractivity contribution in [3.05, 3.63) is 35.9 Å². The number of ether oxygens (including phenoxy) is 1. The Morgan fingerprint density at radius 3 is 2.62 bits per heavy atom. The van der Waals surface area contributed by atoms with Gasteiger partial charge in [0.2, 0.25) is 5.91 Å². The lowest BCUT2D eigenvalue weighted by atomic mass is 9.97. The van der Waals surface area contributed by atoms with Gasteiger partial charge < -0.3 is 19.9 Å². The van der Waals surface area contributed by atoms with E-state index in [-0.39, 0.29) is 18.0 Å². The second-order valence-corrected chi connectivity index (χ2v) is 9.12. The summed E-state index contributed by atoms with van der Waals surface area (Å²) in [6.07, 6.45) is 2.41. The lowest BCUT2D eigenvalue weighted by Crippen LogP contribution is -2.43. The van der Waals surface area contributed by atoms with E-state index in [4.69, 9.17) is 4.74 Å². The van der Waals surface area contributed by atoms with Crippen LogP contribution >= 0.6 is 0 Å². The van der Waals surface area contributed by atoms with Crippen molar-refractivity contribution in [2.45, 2.75) is 58.6 Å². The van der Waals surface area contributed by atoms with Crippen LogP contribution in [0.2, 0.25) is 0 Å². The highest BCUT2D eigenvalue weighted by atomic mass is 16.6. The van der Waals surface area contributed by atoms with E-state index in [0.29, 0.717) is 18.9 Å². The first-order valence-electron chi connectivity index (χ1n) is 10.6. The average molecular weight is 404 g/mol. The Hall–Kier alpha value is -2.08. The summed E-state index contributed by atoms with van der Waals surface area (Å²) in [6.45, 7) is 11.0. The molecule has 0 bridgehead atoms. The second-order valence-electron chi connectivity index (χ2n) is 9.12. The van der Waals surface area contributed by atoms with E-state index in [9.17, 15) is 9.59 Å². The number of nitrogens with zero attached hydrogens (tertiary/aromatic N) is 2. The Morgan fingerprint density at radius 1 is 1.28 bits per heavy atom. The third kappa shape index (κ3) is 8.44. The molecule has 1 fully saturated rings. The number of benzene rings is 1. The fourth-order valence-corrected chi connectivity index (χ4v) is 3.70. The summed E-state index contributed by atoms with van der Waals surface area (Å²) in [5.41, 5.74) is 0.637. The van der Waals surface area contributed by atoms with Gasteiger partial charge in [-0.3, -0.25) is 4.79 Å². The van der Waals surface area contributed by atoms with Gasteiger partial charge in [0.05, 0.1) is 6.04 Å². The van der Waals surface area contributed by atoms with Crippen LogP contribution in [0.3, 0.4) is 0 Å². The Bertz CT molecular complexity index is 657. The molecule has 1 saturated heterocycles. The molecule has 2 atom stereocenters. The first-order valence-corrected chi connectivity index (χ1v) is 10.6. The third-order valence-electron chi connectivity index (χ3n) is 5.17. The monoisotopic (exact) mass is 403 g/mol. The summed E-state index contributed by atoms with van der Waals surface area (Å²) in [4.78, 5) is 28.5. The van der Waals surface area contributed by atoms with Crippen LogP contribution in [0.15, 0.2) is 30.3 Å². The first kappa shape index (κ1) is 23.2. The molecule has 1 aliphatic heterocycles. The topological polar surface area (TPSA) is 61.9 Å². The van der Waals surface area contributed by atoms with E-state index in [2.05, 4.69) is 10.2 Å². The molecule has 1 N–H and O–H groups in total. The van der Waals surface area contributed by atoms with Gasteiger partial charge in [-0.2, -0.15) is 0 Å². The molecule has 0 radical (unpaired) electrons. The number of amides is 2. The van der Waals surface area contributed by atoms with Gasteiger partial charge in [0.25, 0.3) is 0 Å². The molecule has 162 valence electrons. The van der Waals surface area contributed by atoms with E-state index in [1.54, 1.807) is 11.9 Å². The van der Waals surface area contributed by atoms with Gasteiger partial charge in [0, 0.05) is 33.1 Å². The number of carbonyl (C=O) groups excluding carboxylic acids is 2. The number of carbonyl (C=O) groups is 2. The molecule has 1 aliphatic rings. The smallest absolute Gasteiger partial charge is 0.410 e. The minimum absolute atomic E-state index is 0.0142. The van der Waals surface area contributed by atoms with Crippen molar-refractivity contribution < 1.29 is 14.3 Å². The normalized spacial score (nSPS) is 18.7. The summed E-state index contributed by atoms with van der Waals surface area (Å²) in [7, 11) is 1.80. The van der Waals surface area contributed by atoms with Gasteiger partial charge in [0.15, 0.2) is 0 Å². The van der Waals surface area contributed by atoms with Crippen LogP contribution < -0.4 is 5.32 Å². The van der Waals surface area contributed by atoms with Crippen molar-refractivity contribution in [3.8, 4) is 0 Å². The van der Waals surface area contributed by atoms with Crippen LogP contribution in [-0.4, -0.2) is 60.6 Å². The minimum Gasteiger partial charge on any atom is -0.444 e. The number of hydrogen-bond donors (Lipinski definition) is 1. The van der Waals surface area contributed by atoms with E-state index < -0.39 is 5.60 Å². The number of likely N-dealkylation sites (tertiary alicyclic amines) is 1. The van der Waals surface area contributed by atoms with Crippen LogP contribution in [-0.2, 0) is 9.53 Å². The molecule has 29 heavy (non-hydrogen) atoms. The standard InChI is InChI=1S/C23H37N3O3/c1-18(20-11-7-6-8-12-20)24-21(27)13-15-26-14-9-10-19(17-26)16-25(5)22(28)29-23(2,3)4/h6-8,11-12,18-19H,9-10,13-17H2,1-5H3,(H,24,27). The van der Waals surface area contributed by atoms with Gasteiger partial charge >= 0.3 is 6.09 Å². The highest BCUT2D eigenvalue weighted by molar-refractivity contribution is 5.76. The van der Waals surface area contributed by atoms with Gasteiger partial charge in [-0.05, 0) is 58.6 Å². The molecule has 0 saturated carbocycles. The second kappa shape index (κ2) is 10.6. The molecule has 6 nitrogen and oxygen atoms in total. The van der Waals surface area contributed by atoms with Crippen LogP contribution in [0.5, 0.6) is 0 Å². The Kier molecular flexibility index (Phi) is 8.50. The maximum absolute atomic E-state index is 12.3. The average Bonchev–Trinajstić information content (AvgIpc) is 2.66. The van der Waals surface area contributed by atoms with Crippen molar-refractivity contribution in [3.63, 3.8) is 0 Å². The zero-order chi connectivity index (χ0) is 21.4. The molecule has 2 amide bonds. The zero-order valence-electron chi connectivity index (χ0n) is 18.6. The quantitative estimate of drug-likeness (QED) is 0.752. The van der Waals surface area contributed by atoms with Crippen LogP contribution in [0.4, 0.5) is 4.79 Å². The maximum Gasteiger partial charge on any atom is 0.410 e. The number of piperidine rings is 1. The van der Waals surface area contributed by atoms with Gasteiger partial charge in [0.1, 0.15) is 5.60 Å². The van der Waals surface area contributed by atoms with Gasteiger partial charge in [-0.25, -0.2) is 4.79 Å². The third-order valence-corrected chi connectivity index (χ3v) is 5.17. The van der Waals surface area contributed by atoms with Crippen molar-refractivity contribution in [1.29, 1.82) is 0 Å². The first-order chi connectivity index (χ1) is 13.6. The molecule has 0 aromatic heterocycles. The molecule has 0 spiro atoms. The van der Waals surface area contributed by atoms with E-state index in [1.165, 1.54) is 0 Å². The van der Waals surface area contributed by atoms with Gasteiger partial charge in [-0.1, -0.05) is 30.3 Å². The number of hydrogen-bond acceptors (Lipinski definition) is 4. The maximum atomic E-state index is 12.3. The molecule has 1 aromatic carbocycles. The van der Waals surface area contributed by atoms with E-state index in [1.807, 2.05) is 58.0 Å². The Morgan fingerprint density at radius 2 is 1.97 bits per heavy atom. The van der Waals surface area contributed by atoms with Gasteiger partial charge in [-0.15, -0.1) is 0 Å². The summed E-state index contributed by atoms with van der Waals surface area (Å²) in [6, 6.07) is 10.0. The predicted octanol–water partition coefficient (Wildman–Crippen LogP) is 3.83. The largest absolute Gasteiger partial charge is 0.444 e. The van der Waals surface area contributed by atoms with E-state index >= 15 is 0 Å². The zero-order valence-corrected chi connectivity index (χ0v) is 18.6. The minimum atomic E-state index is -0.478. The van der Waals surface area contributed by atoms with Crippen molar-refractivity contribution >= 4 is 12.0 Å². The fourth-order valence-electron chi connectivity index (χ4n) is 3.70. The molecule has 1 heterocycles. The van der Waals surface area contributed by atoms with Crippen LogP contribution in [0, 0.1) is 5.92 Å². The molecule has 6 heteroatoms. The lowest BCUT2D eigenvalue weighted by molar-refractivity contribution is -0.122. The summed E-state index contributed by atoms with van der Waals surface area (Å²) >= 11 is 0. The number of rotatable bonds is 7. The Balaban J connectivity index is 1.73. The SMILES string of the molecule is CC(NC(=O)CCN1CCCC(CN(C)C(=O)OC(C)(C)C)C1)c1ccccc1. The summed E-state index contributed by atoms with van der Waals surface area (Å²) in [5, 5.41) is 3.08. The Labute approximate surface area is 175 Å². The van der Waals surface area contributed by atoms with Crippen molar-refractivity contribution in [2.75, 3.05) is 33.2 Å². The molecule has 2 unspecified atom stereocenters. The molecule has 0 aliphatic carbocycles. The molecule has 1 aromatic rings. The van der Waals surface area contributed by atoms with Crippen molar-refractivity contribution in [2.24, 2.45) is 5.92 Å². The predicted molar refractivity (Wildman–Crippen MR) is 116 cm³/mol.